The van der Waals surface area contributed by atoms with Crippen LogP contribution in [0.25, 0.3) is 5.70 Å². The van der Waals surface area contributed by atoms with Crippen LogP contribution in [0.4, 0.5) is 5.69 Å². The number of nitro groups is 1. The fraction of sp³-hybridized carbons (Fsp3) is 0.100. The first-order chi connectivity index (χ1) is 12.9. The molecule has 0 bridgehead atoms. The number of allylic oxidation sites excluding steroid dienone is 2. The standard InChI is InChI=1S/C20H15N3O3S/c1-10-15(20(21)27)16(11-6-8-12(9-7-11)23(25)26)17-18(22-10)13-4-2-3-5-14(13)19(17)24/h2-9,16,22H,1H3,(H2,21,27). The lowest BCUT2D eigenvalue weighted by Crippen LogP contribution is -2.30. The zero-order valence-electron chi connectivity index (χ0n) is 14.4. The summed E-state index contributed by atoms with van der Waals surface area (Å²) in [6, 6.07) is 13.6. The van der Waals surface area contributed by atoms with Crippen LogP contribution in [0.3, 0.4) is 0 Å². The Morgan fingerprint density at radius 1 is 1.15 bits per heavy atom. The summed E-state index contributed by atoms with van der Waals surface area (Å²) in [7, 11) is 0. The van der Waals surface area contributed by atoms with Crippen LogP contribution < -0.4 is 11.1 Å². The van der Waals surface area contributed by atoms with Crippen LogP contribution in [0.2, 0.25) is 0 Å². The van der Waals surface area contributed by atoms with Crippen LogP contribution >= 0.6 is 12.2 Å². The molecule has 6 nitrogen and oxygen atoms in total. The van der Waals surface area contributed by atoms with Crippen molar-refractivity contribution in [2.75, 3.05) is 0 Å². The molecule has 2 aromatic carbocycles. The molecule has 0 fully saturated rings. The molecule has 0 radical (unpaired) electrons. The fourth-order valence-electron chi connectivity index (χ4n) is 3.78. The van der Waals surface area contributed by atoms with Gasteiger partial charge in [0.25, 0.3) is 5.69 Å². The van der Waals surface area contributed by atoms with E-state index < -0.39 is 10.8 Å². The molecule has 0 spiro atoms. The normalized spacial score (nSPS) is 18.1. The van der Waals surface area contributed by atoms with Crippen molar-refractivity contribution in [2.45, 2.75) is 12.8 Å². The number of benzene rings is 2. The largest absolute Gasteiger partial charge is 0.390 e. The van der Waals surface area contributed by atoms with Crippen molar-refractivity contribution in [1.82, 2.24) is 5.32 Å². The highest BCUT2D eigenvalue weighted by molar-refractivity contribution is 7.80. The number of non-ortho nitro benzene ring substituents is 1. The molecule has 4 rings (SSSR count). The summed E-state index contributed by atoms with van der Waals surface area (Å²) in [5, 5.41) is 14.3. The molecule has 0 aromatic heterocycles. The average molecular weight is 377 g/mol. The number of hydrogen-bond donors (Lipinski definition) is 2. The first-order valence-electron chi connectivity index (χ1n) is 8.30. The maximum Gasteiger partial charge on any atom is 0.269 e. The minimum atomic E-state index is -0.473. The van der Waals surface area contributed by atoms with E-state index in [1.54, 1.807) is 18.2 Å². The molecular formula is C20H15N3O3S. The van der Waals surface area contributed by atoms with E-state index in [2.05, 4.69) is 5.32 Å². The van der Waals surface area contributed by atoms with Crippen LogP contribution in [0.5, 0.6) is 0 Å². The number of Topliss-reactive ketones (excluding diaryl/α,β-unsaturated/α-hetero) is 1. The highest BCUT2D eigenvalue weighted by Crippen LogP contribution is 2.46. The van der Waals surface area contributed by atoms with Gasteiger partial charge in [0, 0.05) is 46.0 Å². The van der Waals surface area contributed by atoms with E-state index in [4.69, 9.17) is 18.0 Å². The SMILES string of the molecule is CC1=C(C(N)=S)C(c2ccc([N+](=O)[O-])cc2)C2=C(N1)c1ccccc1C2=O. The van der Waals surface area contributed by atoms with Crippen LogP contribution in [0.1, 0.15) is 34.3 Å². The van der Waals surface area contributed by atoms with Crippen molar-refractivity contribution < 1.29 is 9.72 Å². The zero-order valence-corrected chi connectivity index (χ0v) is 15.2. The Kier molecular flexibility index (Phi) is 3.89. The van der Waals surface area contributed by atoms with Gasteiger partial charge in [-0.05, 0) is 12.5 Å². The van der Waals surface area contributed by atoms with Crippen LogP contribution in [-0.2, 0) is 0 Å². The molecule has 2 aliphatic rings. The fourth-order valence-corrected chi connectivity index (χ4v) is 4.05. The lowest BCUT2D eigenvalue weighted by molar-refractivity contribution is -0.384. The van der Waals surface area contributed by atoms with Gasteiger partial charge in [0.15, 0.2) is 5.78 Å². The molecule has 2 aromatic rings. The number of nitrogens with zero attached hydrogens (tertiary/aromatic N) is 1. The van der Waals surface area contributed by atoms with Gasteiger partial charge in [0.1, 0.15) is 4.99 Å². The summed E-state index contributed by atoms with van der Waals surface area (Å²) in [4.78, 5) is 23.9. The van der Waals surface area contributed by atoms with Crippen LogP contribution in [-0.4, -0.2) is 15.7 Å². The van der Waals surface area contributed by atoms with E-state index in [9.17, 15) is 14.9 Å². The number of nitrogens with two attached hydrogens (primary N) is 1. The second kappa shape index (κ2) is 6.14. The molecule has 1 unspecified atom stereocenters. The molecule has 134 valence electrons. The molecule has 0 amide bonds. The van der Waals surface area contributed by atoms with E-state index in [0.29, 0.717) is 16.7 Å². The third-order valence-corrected chi connectivity index (χ3v) is 5.17. The first kappa shape index (κ1) is 17.1. The second-order valence-electron chi connectivity index (χ2n) is 6.47. The summed E-state index contributed by atoms with van der Waals surface area (Å²) in [5.41, 5.74) is 10.9. The number of nitro benzene ring substituents is 1. The quantitative estimate of drug-likeness (QED) is 0.483. The van der Waals surface area contributed by atoms with E-state index in [0.717, 1.165) is 22.5 Å². The predicted octanol–water partition coefficient (Wildman–Crippen LogP) is 3.45. The van der Waals surface area contributed by atoms with Gasteiger partial charge >= 0.3 is 0 Å². The van der Waals surface area contributed by atoms with Gasteiger partial charge in [0.05, 0.1) is 10.6 Å². The number of carbonyl (C=O) groups is 1. The summed E-state index contributed by atoms with van der Waals surface area (Å²) in [5.74, 6) is -0.558. The number of nitrogens with one attached hydrogen (secondary N) is 1. The van der Waals surface area contributed by atoms with Crippen molar-refractivity contribution in [3.05, 3.63) is 92.2 Å². The Balaban J connectivity index is 1.92. The highest BCUT2D eigenvalue weighted by Gasteiger charge is 2.41. The Morgan fingerprint density at radius 3 is 2.37 bits per heavy atom. The predicted molar refractivity (Wildman–Crippen MR) is 106 cm³/mol. The number of rotatable bonds is 3. The monoisotopic (exact) mass is 377 g/mol. The number of fused-ring (bicyclic) bond motifs is 2. The summed E-state index contributed by atoms with van der Waals surface area (Å²) in [6.07, 6.45) is 0. The summed E-state index contributed by atoms with van der Waals surface area (Å²) in [6.45, 7) is 1.86. The molecule has 27 heavy (non-hydrogen) atoms. The molecule has 1 atom stereocenters. The number of hydrogen-bond acceptors (Lipinski definition) is 5. The molecule has 1 aliphatic carbocycles. The third-order valence-electron chi connectivity index (χ3n) is 4.95. The average Bonchev–Trinajstić information content (AvgIpc) is 2.93. The molecule has 0 saturated carbocycles. The van der Waals surface area contributed by atoms with Crippen molar-refractivity contribution in [2.24, 2.45) is 5.73 Å². The minimum Gasteiger partial charge on any atom is -0.390 e. The lowest BCUT2D eigenvalue weighted by atomic mass is 9.80. The number of ketones is 1. The van der Waals surface area contributed by atoms with E-state index in [-0.39, 0.29) is 16.5 Å². The number of dihydropyridines is 1. The Labute approximate surface area is 160 Å². The molecule has 0 saturated heterocycles. The Hall–Kier alpha value is -3.32. The van der Waals surface area contributed by atoms with Crippen molar-refractivity contribution >= 4 is 34.4 Å². The highest BCUT2D eigenvalue weighted by atomic mass is 32.1. The van der Waals surface area contributed by atoms with Crippen LogP contribution in [0, 0.1) is 10.1 Å². The van der Waals surface area contributed by atoms with Crippen LogP contribution in [0.15, 0.2) is 65.4 Å². The third kappa shape index (κ3) is 2.55. The molecule has 7 heteroatoms. The first-order valence-corrected chi connectivity index (χ1v) is 8.71. The maximum atomic E-state index is 13.2. The molecule has 1 aliphatic heterocycles. The van der Waals surface area contributed by atoms with Gasteiger partial charge in [-0.15, -0.1) is 0 Å². The van der Waals surface area contributed by atoms with Gasteiger partial charge in [0.2, 0.25) is 0 Å². The molecule has 3 N–H and O–H groups in total. The van der Waals surface area contributed by atoms with Crippen molar-refractivity contribution in [3.63, 3.8) is 0 Å². The zero-order chi connectivity index (χ0) is 19.3. The van der Waals surface area contributed by atoms with E-state index in [1.165, 1.54) is 12.1 Å². The smallest absolute Gasteiger partial charge is 0.269 e. The summed E-state index contributed by atoms with van der Waals surface area (Å²) >= 11 is 5.26. The lowest BCUT2D eigenvalue weighted by Gasteiger charge is -2.29. The minimum absolute atomic E-state index is 0.0134. The van der Waals surface area contributed by atoms with Crippen molar-refractivity contribution in [1.29, 1.82) is 0 Å². The summed E-state index contributed by atoms with van der Waals surface area (Å²) < 4.78 is 0. The van der Waals surface area contributed by atoms with E-state index in [1.807, 2.05) is 25.1 Å². The molecular weight excluding hydrogens is 362 g/mol. The maximum absolute atomic E-state index is 13.2. The molecule has 1 heterocycles. The second-order valence-corrected chi connectivity index (χ2v) is 6.91. The van der Waals surface area contributed by atoms with Gasteiger partial charge in [-0.1, -0.05) is 48.6 Å². The topological polar surface area (TPSA) is 98.3 Å². The Bertz CT molecular complexity index is 1080. The van der Waals surface area contributed by atoms with Crippen molar-refractivity contribution in [3.8, 4) is 0 Å². The van der Waals surface area contributed by atoms with Gasteiger partial charge < -0.3 is 11.1 Å². The van der Waals surface area contributed by atoms with Gasteiger partial charge in [-0.3, -0.25) is 14.9 Å². The Morgan fingerprint density at radius 2 is 1.78 bits per heavy atom. The number of carbonyl (C=O) groups excluding carboxylic acids is 1. The van der Waals surface area contributed by atoms with E-state index >= 15 is 0 Å². The van der Waals surface area contributed by atoms with Gasteiger partial charge in [-0.25, -0.2) is 0 Å². The number of thiocarbonyl (C=S) groups is 1. The van der Waals surface area contributed by atoms with Gasteiger partial charge in [-0.2, -0.15) is 0 Å².